The highest BCUT2D eigenvalue weighted by molar-refractivity contribution is 7.99. The quantitative estimate of drug-likeness (QED) is 0.302. The Morgan fingerprint density at radius 3 is 2.53 bits per heavy atom. The van der Waals surface area contributed by atoms with Crippen LogP contribution in [0.1, 0.15) is 29.3 Å². The normalized spacial score (nSPS) is 11.2. The van der Waals surface area contributed by atoms with Gasteiger partial charge in [-0.05, 0) is 45.7 Å². The summed E-state index contributed by atoms with van der Waals surface area (Å²) >= 11 is 1.65. The Labute approximate surface area is 200 Å². The fraction of sp³-hybridized carbons (Fsp3) is 0.160. The molecular formula is C25H22N6O2S. The summed E-state index contributed by atoms with van der Waals surface area (Å²) in [7, 11) is 0. The van der Waals surface area contributed by atoms with Crippen LogP contribution in [-0.4, -0.2) is 47.0 Å². The molecule has 8 nitrogen and oxygen atoms in total. The van der Waals surface area contributed by atoms with Crippen LogP contribution in [0.2, 0.25) is 0 Å². The van der Waals surface area contributed by atoms with Crippen molar-refractivity contribution in [2.45, 2.75) is 25.0 Å². The van der Waals surface area contributed by atoms with Gasteiger partial charge in [-0.25, -0.2) is 14.9 Å². The lowest BCUT2D eigenvalue weighted by Gasteiger charge is -2.12. The molecule has 0 unspecified atom stereocenters. The van der Waals surface area contributed by atoms with E-state index in [1.165, 1.54) is 0 Å². The van der Waals surface area contributed by atoms with E-state index >= 15 is 0 Å². The summed E-state index contributed by atoms with van der Waals surface area (Å²) in [5.74, 6) is 0.578. The fourth-order valence-electron chi connectivity index (χ4n) is 3.97. The maximum absolute atomic E-state index is 11.9. The van der Waals surface area contributed by atoms with Crippen LogP contribution < -0.4 is 0 Å². The number of para-hydroxylation sites is 1. The number of thioether (sulfide) groups is 1. The third kappa shape index (κ3) is 4.17. The third-order valence-electron chi connectivity index (χ3n) is 5.53. The topological polar surface area (TPSA) is 110 Å². The second-order valence-corrected chi connectivity index (χ2v) is 8.86. The minimum absolute atomic E-state index is 0.263. The molecule has 0 saturated heterocycles. The summed E-state index contributed by atoms with van der Waals surface area (Å²) in [5, 5.41) is 24.8. The summed E-state index contributed by atoms with van der Waals surface area (Å²) in [5.41, 5.74) is 5.65. The lowest BCUT2D eigenvalue weighted by Crippen LogP contribution is -2.06. The number of aromatic nitrogens is 6. The number of H-pyrrole nitrogens is 1. The van der Waals surface area contributed by atoms with Crippen LogP contribution in [0.25, 0.3) is 33.5 Å². The van der Waals surface area contributed by atoms with Crippen LogP contribution in [-0.2, 0) is 6.54 Å². The molecule has 0 spiro atoms. The predicted octanol–water partition coefficient (Wildman–Crippen LogP) is 5.13. The number of hydrogen-bond acceptors (Lipinski definition) is 6. The monoisotopic (exact) mass is 470 g/mol. The predicted molar refractivity (Wildman–Crippen MR) is 132 cm³/mol. The number of carboxylic acids is 1. The number of imidazole rings is 1. The highest BCUT2D eigenvalue weighted by Crippen LogP contribution is 2.31. The number of hydrogen-bond donors (Lipinski definition) is 2. The Bertz CT molecular complexity index is 1440. The van der Waals surface area contributed by atoms with Crippen LogP contribution in [0.15, 0.2) is 71.9 Å². The Balaban J connectivity index is 1.52. The minimum Gasteiger partial charge on any atom is -0.478 e. The fourth-order valence-corrected chi connectivity index (χ4v) is 4.84. The molecule has 9 heteroatoms. The first kappa shape index (κ1) is 21.8. The molecule has 34 heavy (non-hydrogen) atoms. The van der Waals surface area contributed by atoms with E-state index in [9.17, 15) is 9.90 Å². The van der Waals surface area contributed by atoms with Gasteiger partial charge in [0.1, 0.15) is 0 Å². The number of carboxylic acid groups (broad SMARTS) is 1. The SMILES string of the molecule is CCCSc1nc2cccc(C(=O)O)c2n1Cc1ccc(-c2ccccc2-c2nnn[nH]2)cc1. The number of rotatable bonds is 8. The van der Waals surface area contributed by atoms with Crippen molar-refractivity contribution in [3.8, 4) is 22.5 Å². The van der Waals surface area contributed by atoms with Gasteiger partial charge in [-0.1, -0.05) is 73.3 Å². The molecule has 0 aliphatic carbocycles. The van der Waals surface area contributed by atoms with E-state index in [1.54, 1.807) is 23.9 Å². The number of nitrogens with zero attached hydrogens (tertiary/aromatic N) is 5. The highest BCUT2D eigenvalue weighted by Gasteiger charge is 2.18. The molecule has 5 rings (SSSR count). The van der Waals surface area contributed by atoms with Gasteiger partial charge >= 0.3 is 5.97 Å². The number of fused-ring (bicyclic) bond motifs is 1. The van der Waals surface area contributed by atoms with Gasteiger partial charge < -0.3 is 9.67 Å². The summed E-state index contributed by atoms with van der Waals surface area (Å²) in [6.07, 6.45) is 1.01. The smallest absolute Gasteiger partial charge is 0.337 e. The minimum atomic E-state index is -0.951. The number of nitrogens with one attached hydrogen (secondary N) is 1. The van der Waals surface area contributed by atoms with E-state index < -0.39 is 5.97 Å². The summed E-state index contributed by atoms with van der Waals surface area (Å²) in [6.45, 7) is 2.65. The Morgan fingerprint density at radius 1 is 1.03 bits per heavy atom. The van der Waals surface area contributed by atoms with Crippen molar-refractivity contribution in [2.24, 2.45) is 0 Å². The van der Waals surface area contributed by atoms with Crippen molar-refractivity contribution in [3.05, 3.63) is 77.9 Å². The van der Waals surface area contributed by atoms with Gasteiger partial charge in [0.25, 0.3) is 0 Å². The van der Waals surface area contributed by atoms with Crippen LogP contribution in [0, 0.1) is 0 Å². The molecule has 2 heterocycles. The third-order valence-corrected chi connectivity index (χ3v) is 6.71. The van der Waals surface area contributed by atoms with Crippen molar-refractivity contribution >= 4 is 28.8 Å². The van der Waals surface area contributed by atoms with E-state index in [-0.39, 0.29) is 5.56 Å². The molecule has 0 fully saturated rings. The maximum Gasteiger partial charge on any atom is 0.337 e. The van der Waals surface area contributed by atoms with E-state index in [0.29, 0.717) is 23.4 Å². The maximum atomic E-state index is 11.9. The summed E-state index contributed by atoms with van der Waals surface area (Å²) in [6, 6.07) is 21.5. The van der Waals surface area contributed by atoms with Gasteiger partial charge in [0, 0.05) is 11.3 Å². The average Bonchev–Trinajstić information content (AvgIpc) is 3.52. The summed E-state index contributed by atoms with van der Waals surface area (Å²) < 4.78 is 2.02. The van der Waals surface area contributed by atoms with Crippen LogP contribution in [0.5, 0.6) is 0 Å². The number of aromatic carboxylic acids is 1. The van der Waals surface area contributed by atoms with E-state index in [2.05, 4.69) is 51.8 Å². The highest BCUT2D eigenvalue weighted by atomic mass is 32.2. The Kier molecular flexibility index (Phi) is 6.09. The van der Waals surface area contributed by atoms with Gasteiger partial charge in [-0.3, -0.25) is 0 Å². The molecule has 2 aromatic heterocycles. The van der Waals surface area contributed by atoms with Crippen molar-refractivity contribution < 1.29 is 9.90 Å². The van der Waals surface area contributed by atoms with Crippen LogP contribution in [0.4, 0.5) is 0 Å². The standard InChI is InChI=1S/C25H22N6O2S/c1-2-14-34-25-26-21-9-5-8-20(24(32)33)22(21)31(25)15-16-10-12-17(13-11-16)18-6-3-4-7-19(18)23-27-29-30-28-23/h3-13H,2,14-15H2,1H3,(H,32,33)(H,27,28,29,30). The van der Waals surface area contributed by atoms with Crippen LogP contribution >= 0.6 is 11.8 Å². The molecule has 0 aliphatic rings. The lowest BCUT2D eigenvalue weighted by molar-refractivity contribution is 0.0698. The Hall–Kier alpha value is -3.98. The number of carbonyl (C=O) groups is 1. The molecule has 0 atom stereocenters. The van der Waals surface area contributed by atoms with Crippen LogP contribution in [0.3, 0.4) is 0 Å². The molecule has 0 radical (unpaired) electrons. The van der Waals surface area contributed by atoms with E-state index in [4.69, 9.17) is 4.98 Å². The largest absolute Gasteiger partial charge is 0.478 e. The molecule has 5 aromatic rings. The number of aromatic amines is 1. The first-order valence-corrected chi connectivity index (χ1v) is 11.9. The van der Waals surface area contributed by atoms with Crippen molar-refractivity contribution in [3.63, 3.8) is 0 Å². The summed E-state index contributed by atoms with van der Waals surface area (Å²) in [4.78, 5) is 16.6. The van der Waals surface area contributed by atoms with E-state index in [0.717, 1.165) is 39.6 Å². The zero-order chi connectivity index (χ0) is 23.5. The van der Waals surface area contributed by atoms with Crippen molar-refractivity contribution in [1.82, 2.24) is 30.2 Å². The second kappa shape index (κ2) is 9.48. The first-order chi connectivity index (χ1) is 16.7. The molecular weight excluding hydrogens is 448 g/mol. The molecule has 0 bridgehead atoms. The van der Waals surface area contributed by atoms with Crippen molar-refractivity contribution in [1.29, 1.82) is 0 Å². The van der Waals surface area contributed by atoms with Gasteiger partial charge in [0.2, 0.25) is 0 Å². The second-order valence-electron chi connectivity index (χ2n) is 7.80. The van der Waals surface area contributed by atoms with Gasteiger partial charge in [-0.15, -0.1) is 5.10 Å². The molecule has 3 aromatic carbocycles. The van der Waals surface area contributed by atoms with Gasteiger partial charge in [0.15, 0.2) is 11.0 Å². The molecule has 170 valence electrons. The van der Waals surface area contributed by atoms with Crippen molar-refractivity contribution in [2.75, 3.05) is 5.75 Å². The lowest BCUT2D eigenvalue weighted by atomic mass is 9.98. The number of benzene rings is 3. The Morgan fingerprint density at radius 2 is 1.82 bits per heavy atom. The average molecular weight is 471 g/mol. The van der Waals surface area contributed by atoms with Gasteiger partial charge in [0.05, 0.1) is 23.1 Å². The van der Waals surface area contributed by atoms with Gasteiger partial charge in [-0.2, -0.15) is 0 Å². The first-order valence-electron chi connectivity index (χ1n) is 10.9. The molecule has 0 saturated carbocycles. The molecule has 0 aliphatic heterocycles. The zero-order valence-electron chi connectivity index (χ0n) is 18.5. The van der Waals surface area contributed by atoms with E-state index in [1.807, 2.05) is 34.9 Å². The molecule has 2 N–H and O–H groups in total. The number of tetrazole rings is 1. The molecule has 0 amide bonds. The zero-order valence-corrected chi connectivity index (χ0v) is 19.3.